The number of carbonyl (C=O) groups is 1. The highest BCUT2D eigenvalue weighted by molar-refractivity contribution is 8.04. The lowest BCUT2D eigenvalue weighted by atomic mass is 9.46. The molecular formula is C30H47NO2S. The van der Waals surface area contributed by atoms with Crippen LogP contribution in [-0.4, -0.2) is 17.3 Å². The molecule has 0 heterocycles. The highest BCUT2D eigenvalue weighted by atomic mass is 32.2. The third-order valence-electron chi connectivity index (χ3n) is 10.8. The SMILES string of the molecule is CC(=O)O[C@H]1CC[C@@]2(C)C(=C[C@H](SC#N)[C@H]3[C@@H]4CC[C@H]([C@H](C)CCCC(C)C)[C@@]4(C)CC[C@@H]32)C1. The molecule has 34 heavy (non-hydrogen) atoms. The molecule has 0 unspecified atom stereocenters. The number of nitriles is 1. The van der Waals surface area contributed by atoms with E-state index in [-0.39, 0.29) is 22.7 Å². The summed E-state index contributed by atoms with van der Waals surface area (Å²) in [4.78, 5) is 11.6. The van der Waals surface area contributed by atoms with E-state index in [1.54, 1.807) is 0 Å². The third-order valence-corrected chi connectivity index (χ3v) is 11.6. The van der Waals surface area contributed by atoms with Crippen molar-refractivity contribution in [3.8, 4) is 5.40 Å². The highest BCUT2D eigenvalue weighted by Gasteiger charge is 2.61. The first-order valence-corrected chi connectivity index (χ1v) is 14.9. The average molecular weight is 486 g/mol. The van der Waals surface area contributed by atoms with Gasteiger partial charge in [0.1, 0.15) is 11.5 Å². The molecular weight excluding hydrogens is 438 g/mol. The summed E-state index contributed by atoms with van der Waals surface area (Å²) in [5.74, 6) is 4.26. The molecule has 4 heteroatoms. The van der Waals surface area contributed by atoms with E-state index in [0.29, 0.717) is 17.3 Å². The quantitative estimate of drug-likeness (QED) is 0.207. The predicted octanol–water partition coefficient (Wildman–Crippen LogP) is 8.15. The van der Waals surface area contributed by atoms with Gasteiger partial charge in [0, 0.05) is 18.6 Å². The molecule has 4 rings (SSSR count). The molecule has 3 fully saturated rings. The maximum absolute atomic E-state index is 11.6. The van der Waals surface area contributed by atoms with Gasteiger partial charge in [-0.05, 0) is 96.6 Å². The molecule has 0 aliphatic heterocycles. The van der Waals surface area contributed by atoms with E-state index in [0.717, 1.165) is 42.9 Å². The van der Waals surface area contributed by atoms with Gasteiger partial charge in [-0.15, -0.1) is 0 Å². The van der Waals surface area contributed by atoms with Crippen LogP contribution < -0.4 is 0 Å². The molecule has 0 aromatic carbocycles. The summed E-state index contributed by atoms with van der Waals surface area (Å²) in [6.45, 7) is 13.9. The second-order valence-corrected chi connectivity index (χ2v) is 14.0. The van der Waals surface area contributed by atoms with Crippen LogP contribution in [0.4, 0.5) is 0 Å². The molecule has 0 aromatic rings. The minimum absolute atomic E-state index is 0.0116. The van der Waals surface area contributed by atoms with Gasteiger partial charge in [0.2, 0.25) is 0 Å². The summed E-state index contributed by atoms with van der Waals surface area (Å²) in [5.41, 5.74) is 2.10. The Labute approximate surface area is 212 Å². The Kier molecular flexibility index (Phi) is 7.83. The summed E-state index contributed by atoms with van der Waals surface area (Å²) in [5, 5.41) is 12.5. The van der Waals surface area contributed by atoms with Crippen molar-refractivity contribution in [2.75, 3.05) is 0 Å². The normalized spacial score (nSPS) is 42.1. The van der Waals surface area contributed by atoms with Crippen LogP contribution in [0.5, 0.6) is 0 Å². The van der Waals surface area contributed by atoms with Crippen molar-refractivity contribution in [1.82, 2.24) is 0 Å². The Morgan fingerprint density at radius 3 is 2.59 bits per heavy atom. The van der Waals surface area contributed by atoms with Gasteiger partial charge in [-0.25, -0.2) is 0 Å². The Morgan fingerprint density at radius 2 is 1.91 bits per heavy atom. The maximum Gasteiger partial charge on any atom is 0.302 e. The van der Waals surface area contributed by atoms with E-state index in [2.05, 4.69) is 46.1 Å². The van der Waals surface area contributed by atoms with Gasteiger partial charge in [-0.3, -0.25) is 4.79 Å². The summed E-state index contributed by atoms with van der Waals surface area (Å²) >= 11 is 1.50. The number of hydrogen-bond acceptors (Lipinski definition) is 4. The number of thioether (sulfide) groups is 1. The first-order valence-electron chi connectivity index (χ1n) is 14.0. The van der Waals surface area contributed by atoms with Crippen molar-refractivity contribution >= 4 is 17.7 Å². The molecule has 0 radical (unpaired) electrons. The summed E-state index contributed by atoms with van der Waals surface area (Å²) in [7, 11) is 0. The first-order chi connectivity index (χ1) is 16.1. The number of hydrogen-bond donors (Lipinski definition) is 0. The largest absolute Gasteiger partial charge is 0.462 e. The molecule has 0 spiro atoms. The van der Waals surface area contributed by atoms with Crippen molar-refractivity contribution < 1.29 is 9.53 Å². The van der Waals surface area contributed by atoms with Gasteiger partial charge >= 0.3 is 5.97 Å². The molecule has 190 valence electrons. The van der Waals surface area contributed by atoms with E-state index in [4.69, 9.17) is 4.74 Å². The molecule has 0 saturated heterocycles. The third kappa shape index (κ3) is 4.72. The lowest BCUT2D eigenvalue weighted by Gasteiger charge is -2.60. The number of thiocyanates is 1. The van der Waals surface area contributed by atoms with Gasteiger partial charge in [0.15, 0.2) is 0 Å². The zero-order valence-corrected chi connectivity index (χ0v) is 23.3. The van der Waals surface area contributed by atoms with Gasteiger partial charge in [-0.2, -0.15) is 5.26 Å². The van der Waals surface area contributed by atoms with E-state index < -0.39 is 0 Å². The fraction of sp³-hybridized carbons (Fsp3) is 0.867. The van der Waals surface area contributed by atoms with Crippen LogP contribution in [0, 0.1) is 57.0 Å². The van der Waals surface area contributed by atoms with E-state index in [1.807, 2.05) is 0 Å². The first kappa shape index (κ1) is 26.1. The van der Waals surface area contributed by atoms with Crippen LogP contribution in [0.3, 0.4) is 0 Å². The fourth-order valence-corrected chi connectivity index (χ4v) is 10.0. The molecule has 4 aliphatic rings. The van der Waals surface area contributed by atoms with Crippen LogP contribution in [-0.2, 0) is 9.53 Å². The van der Waals surface area contributed by atoms with Gasteiger partial charge in [-0.1, -0.05) is 65.5 Å². The van der Waals surface area contributed by atoms with Crippen molar-refractivity contribution in [1.29, 1.82) is 5.26 Å². The lowest BCUT2D eigenvalue weighted by Crippen LogP contribution is -2.54. The van der Waals surface area contributed by atoms with E-state index >= 15 is 0 Å². The number of ether oxygens (including phenoxy) is 1. The van der Waals surface area contributed by atoms with Gasteiger partial charge in [0.25, 0.3) is 0 Å². The lowest BCUT2D eigenvalue weighted by molar-refractivity contribution is -0.148. The molecule has 0 aromatic heterocycles. The predicted molar refractivity (Wildman–Crippen MR) is 141 cm³/mol. The molecule has 0 N–H and O–H groups in total. The van der Waals surface area contributed by atoms with Crippen molar-refractivity contribution in [2.24, 2.45) is 46.3 Å². The maximum atomic E-state index is 11.6. The molecule has 3 nitrogen and oxygen atoms in total. The average Bonchev–Trinajstić information content (AvgIpc) is 3.11. The summed E-state index contributed by atoms with van der Waals surface area (Å²) < 4.78 is 5.64. The smallest absolute Gasteiger partial charge is 0.302 e. The molecule has 0 bridgehead atoms. The van der Waals surface area contributed by atoms with Crippen LogP contribution >= 0.6 is 11.8 Å². The van der Waals surface area contributed by atoms with Crippen LogP contribution in [0.1, 0.15) is 106 Å². The van der Waals surface area contributed by atoms with Crippen LogP contribution in [0.25, 0.3) is 0 Å². The van der Waals surface area contributed by atoms with Crippen LogP contribution in [0.15, 0.2) is 11.6 Å². The van der Waals surface area contributed by atoms with Gasteiger partial charge in [0.05, 0.1) is 0 Å². The zero-order chi connectivity index (χ0) is 24.7. The van der Waals surface area contributed by atoms with E-state index in [1.165, 1.54) is 69.2 Å². The zero-order valence-electron chi connectivity index (χ0n) is 22.4. The monoisotopic (exact) mass is 485 g/mol. The summed E-state index contributed by atoms with van der Waals surface area (Å²) in [6.07, 6.45) is 14.9. The second kappa shape index (κ2) is 10.2. The van der Waals surface area contributed by atoms with Crippen molar-refractivity contribution in [3.63, 3.8) is 0 Å². The fourth-order valence-electron chi connectivity index (χ4n) is 9.12. The molecule has 3 saturated carbocycles. The number of esters is 1. The topological polar surface area (TPSA) is 50.1 Å². The standard InChI is InChI=1S/C30H47NO2S/c1-19(2)8-7-9-20(3)24-10-11-25-28-26(13-15-30(24,25)6)29(5)14-12-23(33-21(4)32)16-22(29)17-27(28)34-18-31/h17,19-20,23-28H,7-16H2,1-6H3/t20-,23+,24-,25+,26+,27+,28+,29+,30-/m1/s1. The van der Waals surface area contributed by atoms with Gasteiger partial charge < -0.3 is 4.74 Å². The van der Waals surface area contributed by atoms with Crippen molar-refractivity contribution in [3.05, 3.63) is 11.6 Å². The number of fused-ring (bicyclic) bond motifs is 5. The minimum atomic E-state index is -0.168. The molecule has 0 amide bonds. The number of rotatable bonds is 7. The highest BCUT2D eigenvalue weighted by Crippen LogP contribution is 2.68. The minimum Gasteiger partial charge on any atom is -0.462 e. The number of nitrogens with zero attached hydrogens (tertiary/aromatic N) is 1. The molecule has 9 atom stereocenters. The Balaban J connectivity index is 1.58. The van der Waals surface area contributed by atoms with E-state index in [9.17, 15) is 10.1 Å². The number of carbonyl (C=O) groups excluding carboxylic acids is 1. The summed E-state index contributed by atoms with van der Waals surface area (Å²) in [6, 6.07) is 0. The Morgan fingerprint density at radius 1 is 1.15 bits per heavy atom. The van der Waals surface area contributed by atoms with Crippen molar-refractivity contribution in [2.45, 2.75) is 117 Å². The molecule has 4 aliphatic carbocycles. The Hall–Kier alpha value is -0.950. The van der Waals surface area contributed by atoms with Crippen LogP contribution in [0.2, 0.25) is 0 Å². The second-order valence-electron chi connectivity index (χ2n) is 13.1. The Bertz CT molecular complexity index is 830.